The summed E-state index contributed by atoms with van der Waals surface area (Å²) < 4.78 is 7.13. The van der Waals surface area contributed by atoms with Crippen LogP contribution in [0.3, 0.4) is 0 Å². The number of aromatic nitrogens is 3. The molecule has 1 N–H and O–H groups in total. The Labute approximate surface area is 164 Å². The maximum Gasteiger partial charge on any atom is 0.187 e. The molecular weight excluding hydrogens is 391 g/mol. The molecule has 8 heteroatoms. The normalized spacial score (nSPS) is 11.1. The van der Waals surface area contributed by atoms with Crippen molar-refractivity contribution in [2.45, 2.75) is 6.92 Å². The standard InChI is InChI=1S/C18H14Cl2N4OS/c1-10-17(24-8-11(19)3-6-16(24)21-10)14-9-26-18(23-14)22-12-4-5-15(25-2)13(20)7-12/h3-9H,1-2H3,(H,22,23). The highest BCUT2D eigenvalue weighted by atomic mass is 35.5. The molecule has 0 saturated heterocycles. The average Bonchev–Trinajstić information content (AvgIpc) is 3.18. The number of rotatable bonds is 4. The molecule has 0 aliphatic rings. The highest BCUT2D eigenvalue weighted by Crippen LogP contribution is 2.32. The average molecular weight is 405 g/mol. The maximum absolute atomic E-state index is 6.18. The van der Waals surface area contributed by atoms with Gasteiger partial charge in [0.2, 0.25) is 0 Å². The van der Waals surface area contributed by atoms with Crippen LogP contribution in [-0.4, -0.2) is 21.5 Å². The number of hydrogen-bond donors (Lipinski definition) is 1. The van der Waals surface area contributed by atoms with E-state index in [1.165, 1.54) is 11.3 Å². The Kier molecular flexibility index (Phi) is 4.48. The zero-order valence-corrected chi connectivity index (χ0v) is 16.3. The molecule has 0 saturated carbocycles. The SMILES string of the molecule is COc1ccc(Nc2nc(-c3c(C)nc4ccc(Cl)cn34)cs2)cc1Cl. The summed E-state index contributed by atoms with van der Waals surface area (Å²) in [6.45, 7) is 1.96. The summed E-state index contributed by atoms with van der Waals surface area (Å²) in [6.07, 6.45) is 1.85. The first-order chi connectivity index (χ1) is 12.5. The topological polar surface area (TPSA) is 51.5 Å². The van der Waals surface area contributed by atoms with Gasteiger partial charge in [-0.1, -0.05) is 23.2 Å². The van der Waals surface area contributed by atoms with Crippen molar-refractivity contribution in [2.75, 3.05) is 12.4 Å². The number of benzene rings is 1. The summed E-state index contributed by atoms with van der Waals surface area (Å²) in [5.41, 5.74) is 4.35. The Hall–Kier alpha value is -2.28. The van der Waals surface area contributed by atoms with Gasteiger partial charge in [0.1, 0.15) is 17.1 Å². The van der Waals surface area contributed by atoms with Crippen LogP contribution in [0.2, 0.25) is 10.0 Å². The number of pyridine rings is 1. The van der Waals surface area contributed by atoms with Gasteiger partial charge in [0, 0.05) is 17.3 Å². The van der Waals surface area contributed by atoms with Crippen LogP contribution >= 0.6 is 34.5 Å². The first-order valence-electron chi connectivity index (χ1n) is 7.76. The second-order valence-corrected chi connectivity index (χ2v) is 7.34. The van der Waals surface area contributed by atoms with Gasteiger partial charge in [-0.3, -0.25) is 4.40 Å². The molecule has 0 fully saturated rings. The third-order valence-electron chi connectivity index (χ3n) is 3.91. The smallest absolute Gasteiger partial charge is 0.187 e. The lowest BCUT2D eigenvalue weighted by atomic mass is 10.3. The zero-order chi connectivity index (χ0) is 18.3. The summed E-state index contributed by atoms with van der Waals surface area (Å²) in [7, 11) is 1.59. The van der Waals surface area contributed by atoms with Crippen LogP contribution in [0.25, 0.3) is 17.0 Å². The van der Waals surface area contributed by atoms with Crippen molar-refractivity contribution >= 4 is 51.0 Å². The number of anilines is 2. The molecular formula is C18H14Cl2N4OS. The van der Waals surface area contributed by atoms with Crippen molar-refractivity contribution in [3.63, 3.8) is 0 Å². The van der Waals surface area contributed by atoms with E-state index in [0.29, 0.717) is 15.8 Å². The third kappa shape index (κ3) is 3.11. The zero-order valence-electron chi connectivity index (χ0n) is 14.0. The van der Waals surface area contributed by atoms with Crippen molar-refractivity contribution in [1.29, 1.82) is 0 Å². The van der Waals surface area contributed by atoms with Gasteiger partial charge in [0.25, 0.3) is 0 Å². The van der Waals surface area contributed by atoms with Gasteiger partial charge in [-0.05, 0) is 37.3 Å². The Morgan fingerprint density at radius 2 is 2.00 bits per heavy atom. The molecule has 1 aromatic carbocycles. The Balaban J connectivity index is 1.68. The number of nitrogens with one attached hydrogen (secondary N) is 1. The molecule has 0 radical (unpaired) electrons. The van der Waals surface area contributed by atoms with Crippen molar-refractivity contribution in [3.8, 4) is 17.1 Å². The second-order valence-electron chi connectivity index (χ2n) is 5.63. The third-order valence-corrected chi connectivity index (χ3v) is 5.18. The first-order valence-corrected chi connectivity index (χ1v) is 9.39. The molecule has 0 spiro atoms. The molecule has 4 rings (SSSR count). The monoisotopic (exact) mass is 404 g/mol. The second kappa shape index (κ2) is 6.79. The summed E-state index contributed by atoms with van der Waals surface area (Å²) in [5.74, 6) is 0.635. The summed E-state index contributed by atoms with van der Waals surface area (Å²) in [5, 5.41) is 7.22. The Morgan fingerprint density at radius 1 is 1.15 bits per heavy atom. The number of imidazole rings is 1. The molecule has 3 aromatic heterocycles. The lowest BCUT2D eigenvalue weighted by molar-refractivity contribution is 0.415. The van der Waals surface area contributed by atoms with Gasteiger partial charge in [-0.25, -0.2) is 9.97 Å². The van der Waals surface area contributed by atoms with Crippen LogP contribution in [0, 0.1) is 6.92 Å². The van der Waals surface area contributed by atoms with Crippen LogP contribution in [0.5, 0.6) is 5.75 Å². The Morgan fingerprint density at radius 3 is 2.77 bits per heavy atom. The molecule has 132 valence electrons. The molecule has 3 heterocycles. The molecule has 5 nitrogen and oxygen atoms in total. The highest BCUT2D eigenvalue weighted by Gasteiger charge is 2.15. The van der Waals surface area contributed by atoms with E-state index in [1.54, 1.807) is 13.2 Å². The highest BCUT2D eigenvalue weighted by molar-refractivity contribution is 7.14. The predicted octanol–water partition coefficient (Wildman–Crippen LogP) is 5.83. The summed E-state index contributed by atoms with van der Waals surface area (Å²) in [4.78, 5) is 9.26. The quantitative estimate of drug-likeness (QED) is 0.465. The number of thiazole rings is 1. The van der Waals surface area contributed by atoms with Gasteiger partial charge in [0.05, 0.1) is 28.5 Å². The minimum Gasteiger partial charge on any atom is -0.495 e. The molecule has 0 aliphatic carbocycles. The number of fused-ring (bicyclic) bond motifs is 1. The molecule has 26 heavy (non-hydrogen) atoms. The number of methoxy groups -OCH3 is 1. The van der Waals surface area contributed by atoms with Gasteiger partial charge < -0.3 is 10.1 Å². The van der Waals surface area contributed by atoms with E-state index in [9.17, 15) is 0 Å². The number of aryl methyl sites for hydroxylation is 1. The molecule has 4 aromatic rings. The first kappa shape index (κ1) is 17.1. The largest absolute Gasteiger partial charge is 0.495 e. The molecule has 0 aliphatic heterocycles. The van der Waals surface area contributed by atoms with E-state index in [-0.39, 0.29) is 0 Å². The Bertz CT molecular complexity index is 1110. The lowest BCUT2D eigenvalue weighted by Crippen LogP contribution is -1.93. The molecule has 0 amide bonds. The van der Waals surface area contributed by atoms with Crippen LogP contribution < -0.4 is 10.1 Å². The fourth-order valence-electron chi connectivity index (χ4n) is 2.75. The van der Waals surface area contributed by atoms with E-state index in [2.05, 4.69) is 10.3 Å². The van der Waals surface area contributed by atoms with Crippen molar-refractivity contribution in [1.82, 2.24) is 14.4 Å². The number of halogens is 2. The van der Waals surface area contributed by atoms with E-state index in [1.807, 2.05) is 47.2 Å². The van der Waals surface area contributed by atoms with Gasteiger partial charge in [0.15, 0.2) is 5.13 Å². The van der Waals surface area contributed by atoms with Crippen molar-refractivity contribution in [2.24, 2.45) is 0 Å². The minimum absolute atomic E-state index is 0.543. The van der Waals surface area contributed by atoms with Crippen LogP contribution in [0.4, 0.5) is 10.8 Å². The molecule has 0 unspecified atom stereocenters. The van der Waals surface area contributed by atoms with Crippen molar-refractivity contribution < 1.29 is 4.74 Å². The van der Waals surface area contributed by atoms with E-state index < -0.39 is 0 Å². The van der Waals surface area contributed by atoms with Crippen molar-refractivity contribution in [3.05, 3.63) is 57.6 Å². The summed E-state index contributed by atoms with van der Waals surface area (Å²) in [6, 6.07) is 9.24. The van der Waals surface area contributed by atoms with Crippen LogP contribution in [-0.2, 0) is 0 Å². The van der Waals surface area contributed by atoms with Crippen LogP contribution in [0.1, 0.15) is 5.69 Å². The summed E-state index contributed by atoms with van der Waals surface area (Å²) >= 11 is 13.8. The van der Waals surface area contributed by atoms with Gasteiger partial charge in [-0.2, -0.15) is 0 Å². The lowest BCUT2D eigenvalue weighted by Gasteiger charge is -2.06. The fraction of sp³-hybridized carbons (Fsp3) is 0.111. The van der Waals surface area contributed by atoms with E-state index >= 15 is 0 Å². The van der Waals surface area contributed by atoms with Crippen LogP contribution in [0.15, 0.2) is 41.9 Å². The maximum atomic E-state index is 6.18. The van der Waals surface area contributed by atoms with E-state index in [0.717, 1.165) is 33.5 Å². The minimum atomic E-state index is 0.543. The van der Waals surface area contributed by atoms with Gasteiger partial charge >= 0.3 is 0 Å². The van der Waals surface area contributed by atoms with E-state index in [4.69, 9.17) is 32.9 Å². The molecule has 0 atom stereocenters. The predicted molar refractivity (Wildman–Crippen MR) is 107 cm³/mol. The number of nitrogens with zero attached hydrogens (tertiary/aromatic N) is 3. The van der Waals surface area contributed by atoms with Gasteiger partial charge in [-0.15, -0.1) is 11.3 Å². The number of hydrogen-bond acceptors (Lipinski definition) is 5. The number of ether oxygens (including phenoxy) is 1. The molecule has 0 bridgehead atoms. The fourth-order valence-corrected chi connectivity index (χ4v) is 3.89.